The van der Waals surface area contributed by atoms with Gasteiger partial charge in [-0.1, -0.05) is 77.9 Å². The van der Waals surface area contributed by atoms with Crippen molar-refractivity contribution in [3.63, 3.8) is 0 Å². The van der Waals surface area contributed by atoms with Gasteiger partial charge < -0.3 is 0 Å². The van der Waals surface area contributed by atoms with E-state index in [2.05, 4.69) is 20.8 Å². The van der Waals surface area contributed by atoms with E-state index in [9.17, 15) is 5.26 Å². The lowest BCUT2D eigenvalue weighted by Crippen LogP contribution is -2.33. The zero-order valence-corrected chi connectivity index (χ0v) is 18.5. The van der Waals surface area contributed by atoms with Gasteiger partial charge in [0.05, 0.1) is 11.4 Å². The van der Waals surface area contributed by atoms with Crippen molar-refractivity contribution in [2.45, 2.75) is 39.7 Å². The molecular weight excluding hydrogens is 384 g/mol. The van der Waals surface area contributed by atoms with Gasteiger partial charge in [-0.3, -0.25) is 5.26 Å². The molecule has 0 radical (unpaired) electrons. The van der Waals surface area contributed by atoms with Gasteiger partial charge in [0.25, 0.3) is 0 Å². The summed E-state index contributed by atoms with van der Waals surface area (Å²) in [6.07, 6.45) is 0.458. The van der Waals surface area contributed by atoms with E-state index in [4.69, 9.17) is 9.99 Å². The van der Waals surface area contributed by atoms with E-state index in [-0.39, 0.29) is 0 Å². The molecule has 3 aromatic carbocycles. The van der Waals surface area contributed by atoms with Gasteiger partial charge in [-0.05, 0) is 51.0 Å². The summed E-state index contributed by atoms with van der Waals surface area (Å²) in [7, 11) is 0. The maximum Gasteiger partial charge on any atom is 0.157 e. The lowest BCUT2D eigenvalue weighted by atomic mass is 9.80. The molecule has 4 rings (SSSR count). The Hall–Kier alpha value is -3.21. The van der Waals surface area contributed by atoms with E-state index < -0.39 is 5.60 Å². The van der Waals surface area contributed by atoms with Crippen LogP contribution in [0.25, 0.3) is 5.69 Å². The van der Waals surface area contributed by atoms with Gasteiger partial charge in [0.1, 0.15) is 0 Å². The summed E-state index contributed by atoms with van der Waals surface area (Å²) in [6.45, 7) is 8.17. The predicted molar refractivity (Wildman–Crippen MR) is 124 cm³/mol. The standard InChI is InChI=1S/C27H28N2O2/c1-19-10-14-23(15-11-19)27(31-30,24-16-12-20(2)13-17-24)18-26-21(3)28-29(22(26)4)25-8-6-5-7-9-25/h5-17,30H,18H2,1-4H3. The molecule has 1 aromatic heterocycles. The monoisotopic (exact) mass is 412 g/mol. The average Bonchev–Trinajstić information content (AvgIpc) is 3.07. The molecule has 0 spiro atoms. The second-order valence-corrected chi connectivity index (χ2v) is 8.22. The number of para-hydroxylation sites is 1. The van der Waals surface area contributed by atoms with Crippen molar-refractivity contribution in [1.29, 1.82) is 0 Å². The Morgan fingerprint density at radius 1 is 0.774 bits per heavy atom. The topological polar surface area (TPSA) is 47.3 Å². The Morgan fingerprint density at radius 2 is 1.29 bits per heavy atom. The van der Waals surface area contributed by atoms with Crippen molar-refractivity contribution in [3.05, 3.63) is 118 Å². The molecule has 31 heavy (non-hydrogen) atoms. The molecule has 4 heteroatoms. The normalized spacial score (nSPS) is 11.6. The first-order valence-electron chi connectivity index (χ1n) is 10.5. The van der Waals surface area contributed by atoms with E-state index in [1.54, 1.807) is 0 Å². The van der Waals surface area contributed by atoms with Crippen LogP contribution in [0.2, 0.25) is 0 Å². The van der Waals surface area contributed by atoms with Crippen molar-refractivity contribution < 1.29 is 10.1 Å². The van der Waals surface area contributed by atoms with Crippen LogP contribution < -0.4 is 0 Å². The van der Waals surface area contributed by atoms with Crippen LogP contribution in [-0.4, -0.2) is 15.0 Å². The first kappa shape index (κ1) is 21.0. The zero-order chi connectivity index (χ0) is 22.0. The van der Waals surface area contributed by atoms with Crippen molar-refractivity contribution in [2.24, 2.45) is 0 Å². The molecule has 4 nitrogen and oxygen atoms in total. The van der Waals surface area contributed by atoms with Crippen molar-refractivity contribution in [1.82, 2.24) is 9.78 Å². The number of benzene rings is 3. The number of aryl methyl sites for hydroxylation is 3. The van der Waals surface area contributed by atoms with E-state index in [0.717, 1.165) is 44.9 Å². The fourth-order valence-corrected chi connectivity index (χ4v) is 4.15. The Kier molecular flexibility index (Phi) is 5.77. The molecule has 0 aliphatic rings. The van der Waals surface area contributed by atoms with Gasteiger partial charge in [0.2, 0.25) is 0 Å². The van der Waals surface area contributed by atoms with Gasteiger partial charge in [-0.15, -0.1) is 0 Å². The summed E-state index contributed by atoms with van der Waals surface area (Å²) in [4.78, 5) is 5.38. The van der Waals surface area contributed by atoms with Crippen LogP contribution in [0.15, 0.2) is 78.9 Å². The third-order valence-electron chi connectivity index (χ3n) is 6.06. The molecule has 1 N–H and O–H groups in total. The van der Waals surface area contributed by atoms with E-state index in [1.807, 2.05) is 90.5 Å². The molecule has 0 fully saturated rings. The Balaban J connectivity index is 1.87. The Labute approximate surface area is 183 Å². The average molecular weight is 413 g/mol. The first-order valence-corrected chi connectivity index (χ1v) is 10.5. The molecule has 158 valence electrons. The molecule has 1 heterocycles. The van der Waals surface area contributed by atoms with Crippen molar-refractivity contribution in [3.8, 4) is 5.69 Å². The maximum atomic E-state index is 10.4. The van der Waals surface area contributed by atoms with Crippen molar-refractivity contribution >= 4 is 0 Å². The molecule has 0 amide bonds. The van der Waals surface area contributed by atoms with Gasteiger partial charge >= 0.3 is 0 Å². The van der Waals surface area contributed by atoms with E-state index >= 15 is 0 Å². The third-order valence-corrected chi connectivity index (χ3v) is 6.06. The maximum absolute atomic E-state index is 10.4. The summed E-state index contributed by atoms with van der Waals surface area (Å²) in [5, 5.41) is 15.2. The number of nitrogens with zero attached hydrogens (tertiary/aromatic N) is 2. The molecule has 0 saturated heterocycles. The number of aromatic nitrogens is 2. The van der Waals surface area contributed by atoms with Gasteiger partial charge in [-0.25, -0.2) is 9.57 Å². The summed E-state index contributed by atoms with van der Waals surface area (Å²) in [6, 6.07) is 26.4. The lowest BCUT2D eigenvalue weighted by Gasteiger charge is -2.32. The highest BCUT2D eigenvalue weighted by molar-refractivity contribution is 5.44. The highest BCUT2D eigenvalue weighted by atomic mass is 17.1. The summed E-state index contributed by atoms with van der Waals surface area (Å²) >= 11 is 0. The second kappa shape index (κ2) is 8.50. The van der Waals surface area contributed by atoms with Crippen molar-refractivity contribution in [2.75, 3.05) is 0 Å². The fourth-order valence-electron chi connectivity index (χ4n) is 4.15. The van der Waals surface area contributed by atoms with Gasteiger partial charge in [0, 0.05) is 17.7 Å². The first-order chi connectivity index (χ1) is 14.9. The predicted octanol–water partition coefficient (Wildman–Crippen LogP) is 6.08. The van der Waals surface area contributed by atoms with Crippen LogP contribution in [0.5, 0.6) is 0 Å². The van der Waals surface area contributed by atoms with E-state index in [1.165, 1.54) is 0 Å². The second-order valence-electron chi connectivity index (χ2n) is 8.22. The number of hydrogen-bond donors (Lipinski definition) is 1. The molecule has 0 aliphatic heterocycles. The molecule has 4 aromatic rings. The summed E-state index contributed by atoms with van der Waals surface area (Å²) < 4.78 is 1.96. The fraction of sp³-hybridized carbons (Fsp3) is 0.222. The summed E-state index contributed by atoms with van der Waals surface area (Å²) in [5.74, 6) is 0. The minimum Gasteiger partial charge on any atom is -0.251 e. The van der Waals surface area contributed by atoms with Crippen LogP contribution in [0, 0.1) is 27.7 Å². The molecule has 0 bridgehead atoms. The SMILES string of the molecule is Cc1ccc(C(Cc2c(C)nn(-c3ccccc3)c2C)(OO)c2ccc(C)cc2)cc1. The van der Waals surface area contributed by atoms with Gasteiger partial charge in [-0.2, -0.15) is 5.10 Å². The highest BCUT2D eigenvalue weighted by Crippen LogP contribution is 2.38. The smallest absolute Gasteiger partial charge is 0.157 e. The van der Waals surface area contributed by atoms with Crippen LogP contribution in [0.1, 0.15) is 39.2 Å². The van der Waals surface area contributed by atoms with Gasteiger partial charge in [0.15, 0.2) is 5.60 Å². The van der Waals surface area contributed by atoms with Crippen LogP contribution in [0.4, 0.5) is 0 Å². The largest absolute Gasteiger partial charge is 0.251 e. The minimum absolute atomic E-state index is 0.458. The van der Waals surface area contributed by atoms with E-state index in [0.29, 0.717) is 6.42 Å². The zero-order valence-electron chi connectivity index (χ0n) is 18.5. The summed E-state index contributed by atoms with van der Waals surface area (Å²) in [5.41, 5.74) is 7.08. The highest BCUT2D eigenvalue weighted by Gasteiger charge is 2.38. The lowest BCUT2D eigenvalue weighted by molar-refractivity contribution is -0.315. The van der Waals surface area contributed by atoms with Crippen LogP contribution >= 0.6 is 0 Å². The Morgan fingerprint density at radius 3 is 1.77 bits per heavy atom. The molecule has 0 saturated carbocycles. The number of hydrogen-bond acceptors (Lipinski definition) is 3. The Bertz CT molecular complexity index is 1120. The minimum atomic E-state index is -1.04. The van der Waals surface area contributed by atoms with Crippen LogP contribution in [-0.2, 0) is 16.9 Å². The molecule has 0 atom stereocenters. The molecule has 0 aliphatic carbocycles. The van der Waals surface area contributed by atoms with Crippen LogP contribution in [0.3, 0.4) is 0 Å². The third kappa shape index (κ3) is 3.92. The molecular formula is C27H28N2O2. The number of rotatable bonds is 6. The molecule has 0 unspecified atom stereocenters. The quantitative estimate of drug-likeness (QED) is 0.308.